The van der Waals surface area contributed by atoms with Gasteiger partial charge in [0.25, 0.3) is 6.01 Å². The van der Waals surface area contributed by atoms with E-state index in [4.69, 9.17) is 4.42 Å². The quantitative estimate of drug-likeness (QED) is 0.704. The number of piperidine rings is 1. The van der Waals surface area contributed by atoms with Crippen LogP contribution in [-0.4, -0.2) is 47.5 Å². The number of oxazole rings is 1. The molecule has 2 aromatic carbocycles. The molecular weight excluding hydrogens is 376 g/mol. The molecule has 2 unspecified atom stereocenters. The number of rotatable bonds is 5. The molecule has 3 aromatic rings. The number of hydrogen-bond donors (Lipinski definition) is 1. The summed E-state index contributed by atoms with van der Waals surface area (Å²) in [6, 6.07) is 18.8. The number of anilines is 1. The van der Waals surface area contributed by atoms with Crippen LogP contribution in [0.25, 0.3) is 11.1 Å². The highest BCUT2D eigenvalue weighted by atomic mass is 16.4. The summed E-state index contributed by atoms with van der Waals surface area (Å²) in [6.45, 7) is 3.65. The molecular formula is C24H28N4O2. The third-order valence-corrected chi connectivity index (χ3v) is 6.20. The van der Waals surface area contributed by atoms with Gasteiger partial charge in [0, 0.05) is 32.2 Å². The fourth-order valence-electron chi connectivity index (χ4n) is 4.65. The molecule has 0 saturated carbocycles. The molecule has 3 heterocycles. The van der Waals surface area contributed by atoms with Gasteiger partial charge in [-0.15, -0.1) is 0 Å². The van der Waals surface area contributed by atoms with Crippen LogP contribution in [0.1, 0.15) is 31.2 Å². The highest BCUT2D eigenvalue weighted by molar-refractivity contribution is 5.85. The Labute approximate surface area is 176 Å². The van der Waals surface area contributed by atoms with Crippen molar-refractivity contribution in [3.8, 4) is 0 Å². The monoisotopic (exact) mass is 404 g/mol. The third-order valence-electron chi connectivity index (χ3n) is 6.20. The molecule has 6 heteroatoms. The summed E-state index contributed by atoms with van der Waals surface area (Å²) in [5.74, 6) is 0.100. The topological polar surface area (TPSA) is 61.6 Å². The number of aromatic nitrogens is 1. The van der Waals surface area contributed by atoms with Crippen molar-refractivity contribution in [3.63, 3.8) is 0 Å². The molecule has 0 radical (unpaired) electrons. The van der Waals surface area contributed by atoms with Crippen molar-refractivity contribution in [3.05, 3.63) is 60.2 Å². The Hall–Kier alpha value is -2.86. The molecule has 2 aliphatic heterocycles. The summed E-state index contributed by atoms with van der Waals surface area (Å²) in [4.78, 5) is 22.3. The summed E-state index contributed by atoms with van der Waals surface area (Å²) in [5, 5.41) is 3.31. The van der Waals surface area contributed by atoms with E-state index in [0.717, 1.165) is 63.0 Å². The Balaban J connectivity index is 1.23. The van der Waals surface area contributed by atoms with Crippen molar-refractivity contribution in [1.29, 1.82) is 0 Å². The maximum absolute atomic E-state index is 13.2. The average molecular weight is 405 g/mol. The molecule has 1 N–H and O–H groups in total. The molecule has 0 bridgehead atoms. The number of hydrogen-bond acceptors (Lipinski definition) is 5. The van der Waals surface area contributed by atoms with E-state index in [-0.39, 0.29) is 18.0 Å². The summed E-state index contributed by atoms with van der Waals surface area (Å²) in [5.41, 5.74) is 2.92. The van der Waals surface area contributed by atoms with E-state index in [1.165, 1.54) is 5.56 Å². The van der Waals surface area contributed by atoms with Crippen molar-refractivity contribution in [1.82, 2.24) is 15.2 Å². The number of carbonyl (C=O) groups excluding carboxylic acids is 1. The van der Waals surface area contributed by atoms with Crippen LogP contribution in [0, 0.1) is 0 Å². The lowest BCUT2D eigenvalue weighted by Crippen LogP contribution is -2.52. The lowest BCUT2D eigenvalue weighted by atomic mass is 10.0. The van der Waals surface area contributed by atoms with Crippen LogP contribution >= 0.6 is 0 Å². The normalized spacial score (nSPS) is 22.5. The fraction of sp³-hybridized carbons (Fsp3) is 0.417. The van der Waals surface area contributed by atoms with Crippen molar-refractivity contribution in [2.24, 2.45) is 0 Å². The predicted octanol–water partition coefficient (Wildman–Crippen LogP) is 3.58. The maximum Gasteiger partial charge on any atom is 0.299 e. The van der Waals surface area contributed by atoms with Gasteiger partial charge >= 0.3 is 0 Å². The Kier molecular flexibility index (Phi) is 5.41. The zero-order chi connectivity index (χ0) is 20.3. The summed E-state index contributed by atoms with van der Waals surface area (Å²) >= 11 is 0. The van der Waals surface area contributed by atoms with Crippen LogP contribution in [0.5, 0.6) is 0 Å². The lowest BCUT2D eigenvalue weighted by Gasteiger charge is -2.34. The molecule has 2 aliphatic rings. The van der Waals surface area contributed by atoms with E-state index >= 15 is 0 Å². The first-order chi connectivity index (χ1) is 14.8. The Morgan fingerprint density at radius 1 is 1.03 bits per heavy atom. The number of nitrogens with zero attached hydrogens (tertiary/aromatic N) is 3. The van der Waals surface area contributed by atoms with Crippen molar-refractivity contribution >= 4 is 23.0 Å². The SMILES string of the molecule is O=C(NC1CCN(Cc2ccccc2)C1)C1CCCCN1c1nc2ccccc2o1. The minimum Gasteiger partial charge on any atom is -0.423 e. The second kappa shape index (κ2) is 8.48. The van der Waals surface area contributed by atoms with E-state index in [1.807, 2.05) is 30.3 Å². The molecule has 2 atom stereocenters. The van der Waals surface area contributed by atoms with E-state index in [1.54, 1.807) is 0 Å². The smallest absolute Gasteiger partial charge is 0.299 e. The Morgan fingerprint density at radius 3 is 2.73 bits per heavy atom. The summed E-state index contributed by atoms with van der Waals surface area (Å²) in [6.07, 6.45) is 3.94. The van der Waals surface area contributed by atoms with Crippen molar-refractivity contribution < 1.29 is 9.21 Å². The Morgan fingerprint density at radius 2 is 1.87 bits per heavy atom. The second-order valence-corrected chi connectivity index (χ2v) is 8.38. The predicted molar refractivity (Wildman–Crippen MR) is 117 cm³/mol. The standard InChI is InChI=1S/C24H28N4O2/c29-23(25-19-13-15-27(17-19)16-18-8-2-1-3-9-18)21-11-6-7-14-28(21)24-26-20-10-4-5-12-22(20)30-24/h1-5,8-10,12,19,21H,6-7,11,13-17H2,(H,25,29). The molecule has 5 rings (SSSR count). The Bertz CT molecular complexity index is 970. The van der Waals surface area contributed by atoms with Crippen LogP contribution in [0.4, 0.5) is 6.01 Å². The molecule has 30 heavy (non-hydrogen) atoms. The first-order valence-corrected chi connectivity index (χ1v) is 10.9. The molecule has 2 saturated heterocycles. The number of amides is 1. The number of nitrogens with one attached hydrogen (secondary N) is 1. The number of fused-ring (bicyclic) bond motifs is 1. The second-order valence-electron chi connectivity index (χ2n) is 8.38. The van der Waals surface area contributed by atoms with Gasteiger partial charge in [0.1, 0.15) is 11.6 Å². The molecule has 1 amide bonds. The summed E-state index contributed by atoms with van der Waals surface area (Å²) in [7, 11) is 0. The van der Waals surface area contributed by atoms with E-state index in [0.29, 0.717) is 6.01 Å². The lowest BCUT2D eigenvalue weighted by molar-refractivity contribution is -0.123. The van der Waals surface area contributed by atoms with Gasteiger partial charge < -0.3 is 14.6 Å². The third kappa shape index (κ3) is 4.05. The van der Waals surface area contributed by atoms with Gasteiger partial charge in [0.15, 0.2) is 5.58 Å². The van der Waals surface area contributed by atoms with Gasteiger partial charge in [-0.3, -0.25) is 9.69 Å². The van der Waals surface area contributed by atoms with Gasteiger partial charge in [-0.1, -0.05) is 42.5 Å². The molecule has 1 aromatic heterocycles. The molecule has 0 aliphatic carbocycles. The van der Waals surface area contributed by atoms with Crippen LogP contribution < -0.4 is 10.2 Å². The minimum atomic E-state index is -0.213. The highest BCUT2D eigenvalue weighted by Crippen LogP contribution is 2.28. The van der Waals surface area contributed by atoms with Crippen molar-refractivity contribution in [2.45, 2.75) is 44.3 Å². The summed E-state index contributed by atoms with van der Waals surface area (Å²) < 4.78 is 5.97. The number of para-hydroxylation sites is 2. The van der Waals surface area contributed by atoms with Gasteiger partial charge in [-0.05, 0) is 43.4 Å². The van der Waals surface area contributed by atoms with Crippen LogP contribution in [-0.2, 0) is 11.3 Å². The molecule has 6 nitrogen and oxygen atoms in total. The van der Waals surface area contributed by atoms with Crippen LogP contribution in [0.3, 0.4) is 0 Å². The van der Waals surface area contributed by atoms with Gasteiger partial charge in [-0.2, -0.15) is 4.98 Å². The van der Waals surface area contributed by atoms with Crippen LogP contribution in [0.15, 0.2) is 59.0 Å². The fourth-order valence-corrected chi connectivity index (χ4v) is 4.65. The van der Waals surface area contributed by atoms with Gasteiger partial charge in [-0.25, -0.2) is 0 Å². The van der Waals surface area contributed by atoms with Crippen molar-refractivity contribution in [2.75, 3.05) is 24.5 Å². The van der Waals surface area contributed by atoms with Gasteiger partial charge in [0.05, 0.1) is 0 Å². The largest absolute Gasteiger partial charge is 0.423 e. The first kappa shape index (κ1) is 19.1. The maximum atomic E-state index is 13.2. The minimum absolute atomic E-state index is 0.100. The first-order valence-electron chi connectivity index (χ1n) is 10.9. The number of benzene rings is 2. The average Bonchev–Trinajstić information content (AvgIpc) is 3.41. The van der Waals surface area contributed by atoms with E-state index in [9.17, 15) is 4.79 Å². The van der Waals surface area contributed by atoms with Crippen LogP contribution in [0.2, 0.25) is 0 Å². The zero-order valence-corrected chi connectivity index (χ0v) is 17.2. The highest BCUT2D eigenvalue weighted by Gasteiger charge is 2.34. The molecule has 156 valence electrons. The van der Waals surface area contributed by atoms with Gasteiger partial charge in [0.2, 0.25) is 5.91 Å². The molecule has 2 fully saturated rings. The number of likely N-dealkylation sites (tertiary alicyclic amines) is 1. The molecule has 0 spiro atoms. The zero-order valence-electron chi connectivity index (χ0n) is 17.2. The van der Waals surface area contributed by atoms with E-state index < -0.39 is 0 Å². The number of carbonyl (C=O) groups is 1. The van der Waals surface area contributed by atoms with E-state index in [2.05, 4.69) is 44.4 Å².